The van der Waals surface area contributed by atoms with Gasteiger partial charge in [0.15, 0.2) is 0 Å². The first-order chi connectivity index (χ1) is 12.2. The Hall–Kier alpha value is -2.34. The van der Waals surface area contributed by atoms with Gasteiger partial charge in [0.1, 0.15) is 5.82 Å². The van der Waals surface area contributed by atoms with Gasteiger partial charge in [-0.1, -0.05) is 16.8 Å². The van der Waals surface area contributed by atoms with E-state index < -0.39 is 0 Å². The van der Waals surface area contributed by atoms with Gasteiger partial charge in [-0.25, -0.2) is 4.98 Å². The maximum absolute atomic E-state index is 12.3. The van der Waals surface area contributed by atoms with Crippen LogP contribution in [0.1, 0.15) is 46.9 Å². The van der Waals surface area contributed by atoms with E-state index in [1.165, 1.54) is 0 Å². The number of rotatable bonds is 5. The van der Waals surface area contributed by atoms with E-state index in [-0.39, 0.29) is 5.91 Å². The molecular formula is C18H19ClN4O2. The molecule has 0 aliphatic heterocycles. The van der Waals surface area contributed by atoms with Gasteiger partial charge in [0.05, 0.1) is 16.7 Å². The number of aromatic amines is 1. The van der Waals surface area contributed by atoms with E-state index in [0.29, 0.717) is 17.3 Å². The normalized spacial score (nSPS) is 13.8. The fraction of sp³-hybridized carbons (Fsp3) is 0.389. The number of nitrogens with one attached hydrogen (secondary N) is 2. The van der Waals surface area contributed by atoms with Gasteiger partial charge >= 0.3 is 0 Å². The van der Waals surface area contributed by atoms with Gasteiger partial charge < -0.3 is 14.8 Å². The van der Waals surface area contributed by atoms with Crippen LogP contribution in [0.15, 0.2) is 22.7 Å². The van der Waals surface area contributed by atoms with Crippen LogP contribution >= 0.6 is 11.6 Å². The van der Waals surface area contributed by atoms with Crippen LogP contribution in [0.2, 0.25) is 5.02 Å². The molecule has 0 bridgehead atoms. The number of halogens is 1. The number of nitrogens with zero attached hydrogens (tertiary/aromatic N) is 2. The van der Waals surface area contributed by atoms with Crippen molar-refractivity contribution in [2.24, 2.45) is 0 Å². The Kier molecular flexibility index (Phi) is 4.44. The quantitative estimate of drug-likeness (QED) is 0.684. The number of amides is 1. The third-order valence-corrected chi connectivity index (χ3v) is 4.77. The predicted molar refractivity (Wildman–Crippen MR) is 94.9 cm³/mol. The smallest absolute Gasteiger partial charge is 0.290 e. The van der Waals surface area contributed by atoms with Crippen LogP contribution in [0.3, 0.4) is 0 Å². The van der Waals surface area contributed by atoms with E-state index in [0.717, 1.165) is 66.6 Å². The largest absolute Gasteiger partial charge is 0.350 e. The molecule has 2 heterocycles. The molecule has 1 amide bonds. The maximum Gasteiger partial charge on any atom is 0.290 e. The van der Waals surface area contributed by atoms with E-state index in [2.05, 4.69) is 20.4 Å². The molecule has 4 rings (SSSR count). The van der Waals surface area contributed by atoms with E-state index in [1.54, 1.807) is 0 Å². The lowest BCUT2D eigenvalue weighted by Crippen LogP contribution is -2.25. The molecule has 25 heavy (non-hydrogen) atoms. The highest BCUT2D eigenvalue weighted by Crippen LogP contribution is 2.23. The van der Waals surface area contributed by atoms with Crippen LogP contribution in [0.4, 0.5) is 0 Å². The highest BCUT2D eigenvalue weighted by atomic mass is 35.5. The minimum absolute atomic E-state index is 0.174. The first kappa shape index (κ1) is 16.1. The van der Waals surface area contributed by atoms with Crippen LogP contribution in [-0.2, 0) is 19.3 Å². The molecule has 6 nitrogen and oxygen atoms in total. The summed E-state index contributed by atoms with van der Waals surface area (Å²) in [6.45, 7) is 0.562. The average Bonchev–Trinajstić information content (AvgIpc) is 3.21. The Bertz CT molecular complexity index is 915. The number of aryl methyl sites for hydroxylation is 2. The first-order valence-corrected chi connectivity index (χ1v) is 8.98. The summed E-state index contributed by atoms with van der Waals surface area (Å²) in [4.78, 5) is 20.1. The highest BCUT2D eigenvalue weighted by molar-refractivity contribution is 6.31. The van der Waals surface area contributed by atoms with Crippen molar-refractivity contribution in [1.82, 2.24) is 20.4 Å². The molecule has 2 aromatic heterocycles. The molecule has 0 fully saturated rings. The molecule has 0 saturated heterocycles. The summed E-state index contributed by atoms with van der Waals surface area (Å²) in [5, 5.41) is 7.62. The molecular weight excluding hydrogens is 340 g/mol. The number of hydrogen-bond donors (Lipinski definition) is 2. The lowest BCUT2D eigenvalue weighted by Gasteiger charge is -2.09. The predicted octanol–water partition coefficient (Wildman–Crippen LogP) is 3.45. The maximum atomic E-state index is 12.3. The van der Waals surface area contributed by atoms with Crippen molar-refractivity contribution in [1.29, 1.82) is 0 Å². The van der Waals surface area contributed by atoms with E-state index >= 15 is 0 Å². The molecule has 130 valence electrons. The lowest BCUT2D eigenvalue weighted by molar-refractivity contribution is 0.0915. The number of fused-ring (bicyclic) bond motifs is 2. The van der Waals surface area contributed by atoms with Crippen LogP contribution in [-0.4, -0.2) is 27.6 Å². The number of benzene rings is 1. The van der Waals surface area contributed by atoms with Crippen molar-refractivity contribution in [3.8, 4) is 0 Å². The summed E-state index contributed by atoms with van der Waals surface area (Å²) >= 11 is 5.98. The fourth-order valence-corrected chi connectivity index (χ4v) is 3.43. The number of carbonyl (C=O) groups is 1. The summed E-state index contributed by atoms with van der Waals surface area (Å²) in [7, 11) is 0. The van der Waals surface area contributed by atoms with E-state index in [9.17, 15) is 4.79 Å². The Morgan fingerprint density at radius 2 is 2.20 bits per heavy atom. The summed E-state index contributed by atoms with van der Waals surface area (Å²) in [6.07, 6.45) is 5.52. The second-order valence-corrected chi connectivity index (χ2v) is 6.78. The fourth-order valence-electron chi connectivity index (χ4n) is 3.26. The summed E-state index contributed by atoms with van der Waals surface area (Å²) in [5.74, 6) is 1.10. The standard InChI is InChI=1S/C18H19ClN4O2/c19-11-7-8-14-15(10-11)22-16(21-14)6-3-9-20-18(24)17-12-4-1-2-5-13(12)23-25-17/h7-8,10H,1-6,9H2,(H,20,24)(H,21,22). The molecule has 7 heteroatoms. The first-order valence-electron chi connectivity index (χ1n) is 8.60. The van der Waals surface area contributed by atoms with Crippen molar-refractivity contribution < 1.29 is 9.32 Å². The van der Waals surface area contributed by atoms with Crippen LogP contribution in [0, 0.1) is 0 Å². The van der Waals surface area contributed by atoms with Crippen LogP contribution in [0.5, 0.6) is 0 Å². The van der Waals surface area contributed by atoms with Gasteiger partial charge in [-0.05, 0) is 50.3 Å². The van der Waals surface area contributed by atoms with Crippen molar-refractivity contribution in [2.75, 3.05) is 6.54 Å². The third-order valence-electron chi connectivity index (χ3n) is 4.54. The molecule has 3 aromatic rings. The number of carbonyl (C=O) groups excluding carboxylic acids is 1. The second-order valence-electron chi connectivity index (χ2n) is 6.35. The van der Waals surface area contributed by atoms with Crippen molar-refractivity contribution >= 4 is 28.5 Å². The zero-order valence-electron chi connectivity index (χ0n) is 13.8. The molecule has 0 atom stereocenters. The van der Waals surface area contributed by atoms with Gasteiger partial charge in [0.2, 0.25) is 5.76 Å². The van der Waals surface area contributed by atoms with Crippen LogP contribution in [0.25, 0.3) is 11.0 Å². The number of hydrogen-bond acceptors (Lipinski definition) is 4. The van der Waals surface area contributed by atoms with Crippen molar-refractivity contribution in [3.05, 3.63) is 46.1 Å². The van der Waals surface area contributed by atoms with E-state index in [1.807, 2.05) is 18.2 Å². The number of H-pyrrole nitrogens is 1. The Morgan fingerprint density at radius 1 is 1.32 bits per heavy atom. The summed E-state index contributed by atoms with van der Waals surface area (Å²) in [6, 6.07) is 5.58. The Labute approximate surface area is 149 Å². The highest BCUT2D eigenvalue weighted by Gasteiger charge is 2.23. The van der Waals surface area contributed by atoms with Gasteiger partial charge in [0.25, 0.3) is 5.91 Å². The SMILES string of the molecule is O=C(NCCCc1nc2ccc(Cl)cc2[nH]1)c1onc2c1CCCC2. The molecule has 0 unspecified atom stereocenters. The topological polar surface area (TPSA) is 83.8 Å². The third kappa shape index (κ3) is 3.39. The van der Waals surface area contributed by atoms with Crippen molar-refractivity contribution in [2.45, 2.75) is 38.5 Å². The molecule has 0 radical (unpaired) electrons. The Balaban J connectivity index is 1.31. The van der Waals surface area contributed by atoms with Gasteiger partial charge in [-0.15, -0.1) is 0 Å². The average molecular weight is 359 g/mol. The molecule has 1 aromatic carbocycles. The zero-order valence-corrected chi connectivity index (χ0v) is 14.5. The molecule has 2 N–H and O–H groups in total. The summed E-state index contributed by atoms with van der Waals surface area (Å²) < 4.78 is 5.25. The van der Waals surface area contributed by atoms with Crippen LogP contribution < -0.4 is 5.32 Å². The summed E-state index contributed by atoms with van der Waals surface area (Å²) in [5.41, 5.74) is 3.76. The second kappa shape index (κ2) is 6.88. The monoisotopic (exact) mass is 358 g/mol. The minimum Gasteiger partial charge on any atom is -0.350 e. The zero-order chi connectivity index (χ0) is 17.2. The molecule has 1 aliphatic rings. The molecule has 1 aliphatic carbocycles. The van der Waals surface area contributed by atoms with E-state index in [4.69, 9.17) is 16.1 Å². The van der Waals surface area contributed by atoms with Gasteiger partial charge in [-0.2, -0.15) is 0 Å². The minimum atomic E-state index is -0.174. The van der Waals surface area contributed by atoms with Gasteiger partial charge in [0, 0.05) is 23.6 Å². The Morgan fingerprint density at radius 3 is 3.12 bits per heavy atom. The molecule has 0 saturated carbocycles. The molecule has 0 spiro atoms. The number of imidazole rings is 1. The van der Waals surface area contributed by atoms with Gasteiger partial charge in [-0.3, -0.25) is 4.79 Å². The lowest BCUT2D eigenvalue weighted by atomic mass is 9.96. The number of aromatic nitrogens is 3. The van der Waals surface area contributed by atoms with Crippen molar-refractivity contribution in [3.63, 3.8) is 0 Å².